The number of piperidine rings is 1. The van der Waals surface area contributed by atoms with E-state index < -0.39 is 11.7 Å². The number of hydrogen-bond acceptors (Lipinski definition) is 8. The Balaban J connectivity index is 1.35. The van der Waals surface area contributed by atoms with Gasteiger partial charge in [0.2, 0.25) is 11.8 Å². The molecule has 1 fully saturated rings. The number of nitrogens with zero attached hydrogens (tertiary/aromatic N) is 4. The fourth-order valence-electron chi connectivity index (χ4n) is 5.13. The number of fused-ring (bicyclic) bond motifs is 1. The molecule has 3 aromatic rings. The normalized spacial score (nSPS) is 17.4. The van der Waals surface area contributed by atoms with E-state index in [1.165, 1.54) is 19.4 Å². The zero-order valence-corrected chi connectivity index (χ0v) is 24.1. The van der Waals surface area contributed by atoms with Crippen molar-refractivity contribution in [1.29, 1.82) is 0 Å². The zero-order valence-electron chi connectivity index (χ0n) is 23.3. The summed E-state index contributed by atoms with van der Waals surface area (Å²) in [4.78, 5) is 38.2. The zero-order chi connectivity index (χ0) is 29.3. The second kappa shape index (κ2) is 11.9. The van der Waals surface area contributed by atoms with E-state index in [1.54, 1.807) is 24.1 Å². The van der Waals surface area contributed by atoms with Gasteiger partial charge in [0, 0.05) is 32.2 Å². The molecule has 3 heterocycles. The summed E-state index contributed by atoms with van der Waals surface area (Å²) in [7, 11) is 3.15. The number of aromatic nitrogens is 2. The number of halogens is 2. The molecule has 0 radical (unpaired) electrons. The van der Waals surface area contributed by atoms with Crippen LogP contribution in [0.15, 0.2) is 36.5 Å². The van der Waals surface area contributed by atoms with Crippen LogP contribution in [-0.2, 0) is 0 Å². The van der Waals surface area contributed by atoms with Gasteiger partial charge in [0.05, 0.1) is 36.2 Å². The van der Waals surface area contributed by atoms with Gasteiger partial charge in [-0.1, -0.05) is 30.7 Å². The molecule has 12 heteroatoms. The van der Waals surface area contributed by atoms with Gasteiger partial charge in [0.15, 0.2) is 0 Å². The van der Waals surface area contributed by atoms with Crippen molar-refractivity contribution in [2.75, 3.05) is 39.1 Å². The highest BCUT2D eigenvalue weighted by Crippen LogP contribution is 2.40. The molecule has 5 rings (SSSR count). The van der Waals surface area contributed by atoms with Crippen molar-refractivity contribution in [1.82, 2.24) is 25.1 Å². The maximum atomic E-state index is 15.2. The first-order valence-corrected chi connectivity index (χ1v) is 13.9. The standard InChI is InChI=1S/C29H32ClFN6O4/c1-5-37-11-9-17(10-12-37)33-26(38)19-13-24(40-4)22(14-21(19)31)34-29-32-15-20(30)27(35-29)41-23-8-6-7-18-16(2)36(3)28(39)25(18)23/h6-8,13-17H,5,9-12H2,1-4H3,(H,33,38)(H,32,34,35)/t16-/m0/s1. The van der Waals surface area contributed by atoms with E-state index in [1.807, 2.05) is 13.0 Å². The monoisotopic (exact) mass is 582 g/mol. The Bertz CT molecular complexity index is 1480. The van der Waals surface area contributed by atoms with E-state index in [2.05, 4.69) is 32.4 Å². The molecule has 1 aromatic heterocycles. The molecular weight excluding hydrogens is 551 g/mol. The quantitative estimate of drug-likeness (QED) is 0.374. The minimum absolute atomic E-state index is 0.0112. The molecule has 0 saturated carbocycles. The summed E-state index contributed by atoms with van der Waals surface area (Å²) in [5.74, 6) is -0.785. The van der Waals surface area contributed by atoms with Gasteiger partial charge in [0.25, 0.3) is 11.8 Å². The Morgan fingerprint density at radius 1 is 1.22 bits per heavy atom. The maximum absolute atomic E-state index is 15.2. The van der Waals surface area contributed by atoms with Crippen LogP contribution in [0.3, 0.4) is 0 Å². The summed E-state index contributed by atoms with van der Waals surface area (Å²) >= 11 is 6.32. The number of amides is 2. The summed E-state index contributed by atoms with van der Waals surface area (Å²) in [6.45, 7) is 6.79. The molecule has 2 N–H and O–H groups in total. The number of rotatable bonds is 8. The lowest BCUT2D eigenvalue weighted by Crippen LogP contribution is -2.44. The van der Waals surface area contributed by atoms with Crippen LogP contribution in [0.2, 0.25) is 5.02 Å². The average molecular weight is 583 g/mol. The SMILES string of the molecule is CCN1CCC(NC(=O)c2cc(OC)c(Nc3ncc(Cl)c(Oc4cccc5c4C(=O)N(C)[C@H]5C)n3)cc2F)CC1. The summed E-state index contributed by atoms with van der Waals surface area (Å²) < 4.78 is 26.6. The molecule has 41 heavy (non-hydrogen) atoms. The molecule has 1 atom stereocenters. The molecule has 0 bridgehead atoms. The van der Waals surface area contributed by atoms with E-state index in [0.29, 0.717) is 11.3 Å². The molecule has 0 spiro atoms. The van der Waals surface area contributed by atoms with Gasteiger partial charge >= 0.3 is 0 Å². The Morgan fingerprint density at radius 3 is 2.68 bits per heavy atom. The van der Waals surface area contributed by atoms with Crippen molar-refractivity contribution in [3.63, 3.8) is 0 Å². The predicted octanol–water partition coefficient (Wildman–Crippen LogP) is 5.17. The van der Waals surface area contributed by atoms with Gasteiger partial charge in [-0.15, -0.1) is 0 Å². The number of hydrogen-bond donors (Lipinski definition) is 2. The summed E-state index contributed by atoms with van der Waals surface area (Å²) in [6.07, 6.45) is 2.96. The minimum Gasteiger partial charge on any atom is -0.495 e. The van der Waals surface area contributed by atoms with Gasteiger partial charge in [-0.2, -0.15) is 4.98 Å². The lowest BCUT2D eigenvalue weighted by molar-refractivity contribution is 0.0782. The second-order valence-electron chi connectivity index (χ2n) is 10.1. The number of carbonyl (C=O) groups excluding carboxylic acids is 2. The number of benzene rings is 2. The van der Waals surface area contributed by atoms with Crippen LogP contribution in [0.25, 0.3) is 0 Å². The number of likely N-dealkylation sites (tertiary alicyclic amines) is 1. The maximum Gasteiger partial charge on any atom is 0.258 e. The Kier molecular flexibility index (Phi) is 8.27. The third-order valence-electron chi connectivity index (χ3n) is 7.69. The number of carbonyl (C=O) groups is 2. The van der Waals surface area contributed by atoms with Crippen molar-refractivity contribution < 1.29 is 23.5 Å². The average Bonchev–Trinajstić information content (AvgIpc) is 3.19. The van der Waals surface area contributed by atoms with Crippen molar-refractivity contribution in [2.45, 2.75) is 38.8 Å². The van der Waals surface area contributed by atoms with Crippen LogP contribution in [-0.4, -0.2) is 71.4 Å². The van der Waals surface area contributed by atoms with Crippen LogP contribution in [0.5, 0.6) is 17.4 Å². The Morgan fingerprint density at radius 2 is 1.98 bits per heavy atom. The van der Waals surface area contributed by atoms with E-state index >= 15 is 4.39 Å². The van der Waals surface area contributed by atoms with Gasteiger partial charge in [-0.05, 0) is 44.0 Å². The van der Waals surface area contributed by atoms with Crippen LogP contribution in [0, 0.1) is 5.82 Å². The van der Waals surface area contributed by atoms with Crippen LogP contribution in [0.1, 0.15) is 59.0 Å². The molecule has 2 aromatic carbocycles. The van der Waals surface area contributed by atoms with E-state index in [4.69, 9.17) is 21.1 Å². The number of methoxy groups -OCH3 is 1. The topological polar surface area (TPSA) is 109 Å². The third-order valence-corrected chi connectivity index (χ3v) is 7.95. The number of nitrogens with one attached hydrogen (secondary N) is 2. The minimum atomic E-state index is -0.723. The highest BCUT2D eigenvalue weighted by atomic mass is 35.5. The molecule has 2 aliphatic heterocycles. The predicted molar refractivity (Wildman–Crippen MR) is 153 cm³/mol. The van der Waals surface area contributed by atoms with Gasteiger partial charge in [-0.25, -0.2) is 9.37 Å². The lowest BCUT2D eigenvalue weighted by Gasteiger charge is -2.31. The molecule has 2 aliphatic rings. The van der Waals surface area contributed by atoms with Gasteiger partial charge in [0.1, 0.15) is 22.3 Å². The first-order valence-electron chi connectivity index (χ1n) is 13.5. The smallest absolute Gasteiger partial charge is 0.258 e. The van der Waals surface area contributed by atoms with Crippen molar-refractivity contribution >= 4 is 35.1 Å². The molecule has 0 aliphatic carbocycles. The van der Waals surface area contributed by atoms with Gasteiger partial charge in [-0.3, -0.25) is 9.59 Å². The molecule has 1 saturated heterocycles. The van der Waals surface area contributed by atoms with Crippen LogP contribution < -0.4 is 20.1 Å². The Hall–Kier alpha value is -3.96. The first kappa shape index (κ1) is 28.6. The lowest BCUT2D eigenvalue weighted by atomic mass is 10.0. The Labute approximate surface area is 242 Å². The second-order valence-corrected chi connectivity index (χ2v) is 10.5. The van der Waals surface area contributed by atoms with Crippen molar-refractivity contribution in [2.24, 2.45) is 0 Å². The van der Waals surface area contributed by atoms with E-state index in [0.717, 1.165) is 44.1 Å². The first-order chi connectivity index (χ1) is 19.7. The van der Waals surface area contributed by atoms with Crippen molar-refractivity contribution in [3.05, 3.63) is 64.1 Å². The molecule has 0 unspecified atom stereocenters. The highest BCUT2D eigenvalue weighted by molar-refractivity contribution is 6.31. The van der Waals surface area contributed by atoms with Crippen molar-refractivity contribution in [3.8, 4) is 17.4 Å². The van der Waals surface area contributed by atoms with E-state index in [-0.39, 0.29) is 51.8 Å². The molecular formula is C29H32ClFN6O4. The third kappa shape index (κ3) is 5.77. The van der Waals surface area contributed by atoms with E-state index in [9.17, 15) is 9.59 Å². The summed E-state index contributed by atoms with van der Waals surface area (Å²) in [6, 6.07) is 7.74. The molecule has 10 nitrogen and oxygen atoms in total. The fourth-order valence-corrected chi connectivity index (χ4v) is 5.26. The van der Waals surface area contributed by atoms with Gasteiger partial charge < -0.3 is 29.9 Å². The van der Waals surface area contributed by atoms with Crippen LogP contribution >= 0.6 is 11.6 Å². The number of anilines is 2. The summed E-state index contributed by atoms with van der Waals surface area (Å²) in [5.41, 5.74) is 1.37. The molecule has 216 valence electrons. The van der Waals surface area contributed by atoms with Crippen LogP contribution in [0.4, 0.5) is 16.0 Å². The largest absolute Gasteiger partial charge is 0.495 e. The fraction of sp³-hybridized carbons (Fsp3) is 0.379. The summed E-state index contributed by atoms with van der Waals surface area (Å²) in [5, 5.41) is 5.97. The number of ether oxygens (including phenoxy) is 2. The highest BCUT2D eigenvalue weighted by Gasteiger charge is 2.34. The molecule has 2 amide bonds.